The maximum atomic E-state index is 13.5. The topological polar surface area (TPSA) is 115 Å². The lowest BCUT2D eigenvalue weighted by Gasteiger charge is -1.98. The highest BCUT2D eigenvalue weighted by Gasteiger charge is 2.19. The summed E-state index contributed by atoms with van der Waals surface area (Å²) in [7, 11) is 0. The van der Waals surface area contributed by atoms with Crippen molar-refractivity contribution >= 4 is 34.8 Å². The third-order valence-electron chi connectivity index (χ3n) is 2.60. The summed E-state index contributed by atoms with van der Waals surface area (Å²) in [5.41, 5.74) is 5.74. The van der Waals surface area contributed by atoms with Gasteiger partial charge in [0.1, 0.15) is 5.69 Å². The first-order valence-corrected chi connectivity index (χ1v) is 6.23. The highest BCUT2D eigenvalue weighted by Crippen LogP contribution is 2.33. The first kappa shape index (κ1) is 15.3. The number of hydrogen-bond donors (Lipinski definition) is 2. The maximum absolute atomic E-state index is 13.5. The summed E-state index contributed by atoms with van der Waals surface area (Å²) in [6, 6.07) is 5.75. The first-order valence-electron chi connectivity index (χ1n) is 6.23. The maximum Gasteiger partial charge on any atom is 0.245 e. The molecule has 1 amide bonds. The van der Waals surface area contributed by atoms with E-state index in [1.807, 2.05) is 0 Å². The summed E-state index contributed by atoms with van der Waals surface area (Å²) < 4.78 is 14.4. The Hall–Kier alpha value is -3.10. The lowest BCUT2D eigenvalue weighted by molar-refractivity contribution is -0.114. The fourth-order valence-electron chi connectivity index (χ4n) is 1.65. The number of aromatic nitrogens is 2. The quantitative estimate of drug-likeness (QED) is 0.848. The van der Waals surface area contributed by atoms with Gasteiger partial charge in [-0.25, -0.2) is 4.39 Å². The Kier molecular flexibility index (Phi) is 4.25. The van der Waals surface area contributed by atoms with Gasteiger partial charge < -0.3 is 11.1 Å². The Bertz CT molecular complexity index is 768. The average Bonchev–Trinajstić information content (AvgIpc) is 2.74. The molecule has 3 N–H and O–H groups in total. The van der Waals surface area contributed by atoms with E-state index in [0.29, 0.717) is 0 Å². The van der Waals surface area contributed by atoms with Crippen LogP contribution in [0.3, 0.4) is 0 Å². The van der Waals surface area contributed by atoms with E-state index < -0.39 is 17.6 Å². The molecule has 0 fully saturated rings. The number of nitrogens with two attached hydrogens (primary N) is 1. The van der Waals surface area contributed by atoms with Crippen molar-refractivity contribution in [1.82, 2.24) is 9.78 Å². The number of benzene rings is 1. The Morgan fingerprint density at radius 2 is 1.95 bits per heavy atom. The minimum absolute atomic E-state index is 0.00810. The number of carbonyl (C=O) groups excluding carboxylic acids is 2. The van der Waals surface area contributed by atoms with Crippen LogP contribution in [0.15, 0.2) is 34.5 Å². The summed E-state index contributed by atoms with van der Waals surface area (Å²) >= 11 is 0. The standard InChI is InChI=1S/C13H13FN6O2/c1-7(21)16-13-11(12(15)20(19-13)8(2)22)18-17-10-6-4-3-5-9(10)14/h3-6H,15H2,1-2H3,(H,16,19,21). The lowest BCUT2D eigenvalue weighted by atomic mass is 10.3. The van der Waals surface area contributed by atoms with Crippen LogP contribution in [0, 0.1) is 5.82 Å². The zero-order chi connectivity index (χ0) is 16.3. The van der Waals surface area contributed by atoms with E-state index in [9.17, 15) is 14.0 Å². The molecule has 0 spiro atoms. The van der Waals surface area contributed by atoms with Gasteiger partial charge in [-0.05, 0) is 12.1 Å². The Labute approximate surface area is 124 Å². The number of halogens is 1. The number of rotatable bonds is 3. The molecule has 1 heterocycles. The van der Waals surface area contributed by atoms with Gasteiger partial charge >= 0.3 is 0 Å². The number of amides is 1. The molecule has 9 heteroatoms. The number of nitrogen functional groups attached to an aromatic ring is 1. The van der Waals surface area contributed by atoms with Crippen molar-refractivity contribution in [3.63, 3.8) is 0 Å². The van der Waals surface area contributed by atoms with Crippen LogP contribution in [-0.4, -0.2) is 21.6 Å². The minimum atomic E-state index is -0.565. The molecule has 0 saturated heterocycles. The Morgan fingerprint density at radius 1 is 1.27 bits per heavy atom. The van der Waals surface area contributed by atoms with Crippen LogP contribution in [0.2, 0.25) is 0 Å². The van der Waals surface area contributed by atoms with Crippen molar-refractivity contribution in [1.29, 1.82) is 0 Å². The second-order valence-electron chi connectivity index (χ2n) is 4.35. The van der Waals surface area contributed by atoms with E-state index in [1.165, 1.54) is 32.0 Å². The second-order valence-corrected chi connectivity index (χ2v) is 4.35. The van der Waals surface area contributed by atoms with Crippen molar-refractivity contribution in [2.45, 2.75) is 13.8 Å². The van der Waals surface area contributed by atoms with Gasteiger partial charge in [0, 0.05) is 13.8 Å². The molecule has 114 valence electrons. The number of nitrogens with zero attached hydrogens (tertiary/aromatic N) is 4. The zero-order valence-corrected chi connectivity index (χ0v) is 11.9. The van der Waals surface area contributed by atoms with Crippen LogP contribution in [0.1, 0.15) is 18.6 Å². The molecule has 0 bridgehead atoms. The number of hydrogen-bond acceptors (Lipinski definition) is 6. The number of anilines is 2. The molecule has 2 aromatic rings. The van der Waals surface area contributed by atoms with Gasteiger partial charge in [0.05, 0.1) is 0 Å². The first-order chi connectivity index (χ1) is 10.4. The van der Waals surface area contributed by atoms with Crippen molar-refractivity contribution < 1.29 is 14.0 Å². The zero-order valence-electron chi connectivity index (χ0n) is 11.9. The third kappa shape index (κ3) is 3.14. The highest BCUT2D eigenvalue weighted by molar-refractivity contribution is 5.94. The minimum Gasteiger partial charge on any atom is -0.382 e. The summed E-state index contributed by atoms with van der Waals surface area (Å²) in [4.78, 5) is 22.6. The van der Waals surface area contributed by atoms with E-state index in [1.54, 1.807) is 6.07 Å². The molecule has 8 nitrogen and oxygen atoms in total. The van der Waals surface area contributed by atoms with Gasteiger partial charge in [-0.3, -0.25) is 9.59 Å². The fraction of sp³-hybridized carbons (Fsp3) is 0.154. The summed E-state index contributed by atoms with van der Waals surface area (Å²) in [6.45, 7) is 2.51. The Morgan fingerprint density at radius 3 is 2.55 bits per heavy atom. The van der Waals surface area contributed by atoms with Crippen LogP contribution in [0.4, 0.5) is 27.4 Å². The van der Waals surface area contributed by atoms with Gasteiger partial charge in [-0.2, -0.15) is 4.68 Å². The fourth-order valence-corrected chi connectivity index (χ4v) is 1.65. The van der Waals surface area contributed by atoms with Crippen molar-refractivity contribution in [3.05, 3.63) is 30.1 Å². The second kappa shape index (κ2) is 6.12. The smallest absolute Gasteiger partial charge is 0.245 e. The van der Waals surface area contributed by atoms with Gasteiger partial charge in [0.15, 0.2) is 23.1 Å². The molecule has 1 aromatic carbocycles. The molecule has 0 radical (unpaired) electrons. The molecule has 0 aliphatic carbocycles. The molecular formula is C13H13FN6O2. The highest BCUT2D eigenvalue weighted by atomic mass is 19.1. The largest absolute Gasteiger partial charge is 0.382 e. The van der Waals surface area contributed by atoms with E-state index in [2.05, 4.69) is 20.6 Å². The normalized spacial score (nSPS) is 10.9. The molecular weight excluding hydrogens is 291 g/mol. The number of carbonyl (C=O) groups is 2. The molecule has 0 atom stereocenters. The molecule has 0 unspecified atom stereocenters. The van der Waals surface area contributed by atoms with E-state index >= 15 is 0 Å². The lowest BCUT2D eigenvalue weighted by Crippen LogP contribution is -2.12. The SMILES string of the molecule is CC(=O)Nc1nn(C(C)=O)c(N)c1N=Nc1ccccc1F. The third-order valence-corrected chi connectivity index (χ3v) is 2.60. The van der Waals surface area contributed by atoms with Crippen LogP contribution in [-0.2, 0) is 4.79 Å². The van der Waals surface area contributed by atoms with Crippen LogP contribution >= 0.6 is 0 Å². The molecule has 22 heavy (non-hydrogen) atoms. The monoisotopic (exact) mass is 304 g/mol. The summed E-state index contributed by atoms with van der Waals surface area (Å²) in [6.07, 6.45) is 0. The predicted molar refractivity (Wildman–Crippen MR) is 77.8 cm³/mol. The van der Waals surface area contributed by atoms with Crippen molar-refractivity contribution in [2.24, 2.45) is 10.2 Å². The summed E-state index contributed by atoms with van der Waals surface area (Å²) in [5.74, 6) is -1.58. The summed E-state index contributed by atoms with van der Waals surface area (Å²) in [5, 5.41) is 13.8. The predicted octanol–water partition coefficient (Wildman–Crippen LogP) is 2.64. The van der Waals surface area contributed by atoms with Gasteiger partial charge in [0.2, 0.25) is 11.8 Å². The van der Waals surface area contributed by atoms with Crippen molar-refractivity contribution in [2.75, 3.05) is 11.1 Å². The molecule has 1 aromatic heterocycles. The Balaban J connectivity index is 2.46. The molecule has 0 saturated carbocycles. The van der Waals surface area contributed by atoms with Gasteiger partial charge in [-0.15, -0.1) is 15.3 Å². The molecule has 2 rings (SSSR count). The van der Waals surface area contributed by atoms with Gasteiger partial charge in [-0.1, -0.05) is 12.1 Å². The van der Waals surface area contributed by atoms with Crippen molar-refractivity contribution in [3.8, 4) is 0 Å². The van der Waals surface area contributed by atoms with E-state index in [-0.39, 0.29) is 23.0 Å². The van der Waals surface area contributed by atoms with Crippen LogP contribution in [0.25, 0.3) is 0 Å². The average molecular weight is 304 g/mol. The van der Waals surface area contributed by atoms with E-state index in [0.717, 1.165) is 4.68 Å². The van der Waals surface area contributed by atoms with Crippen LogP contribution in [0.5, 0.6) is 0 Å². The number of azo groups is 1. The van der Waals surface area contributed by atoms with E-state index in [4.69, 9.17) is 5.73 Å². The molecule has 0 aliphatic heterocycles. The number of nitrogens with one attached hydrogen (secondary N) is 1. The molecule has 0 aliphatic rings. The van der Waals surface area contributed by atoms with Crippen LogP contribution < -0.4 is 11.1 Å². The van der Waals surface area contributed by atoms with Gasteiger partial charge in [0.25, 0.3) is 0 Å².